The van der Waals surface area contributed by atoms with Crippen molar-refractivity contribution in [3.8, 4) is 11.1 Å². The normalized spacial score (nSPS) is 14.4. The summed E-state index contributed by atoms with van der Waals surface area (Å²) in [5, 5.41) is 26.3. The van der Waals surface area contributed by atoms with E-state index in [9.17, 15) is 55.8 Å². The van der Waals surface area contributed by atoms with Crippen molar-refractivity contribution in [2.75, 3.05) is 26.4 Å². The molecule has 0 spiro atoms. The zero-order chi connectivity index (χ0) is 60.3. The highest BCUT2D eigenvalue weighted by molar-refractivity contribution is 9.10. The van der Waals surface area contributed by atoms with Gasteiger partial charge in [-0.15, -0.1) is 0 Å². The summed E-state index contributed by atoms with van der Waals surface area (Å²) in [5.74, 6) is -4.37. The van der Waals surface area contributed by atoms with Gasteiger partial charge < -0.3 is 34.1 Å². The van der Waals surface area contributed by atoms with E-state index in [2.05, 4.69) is 31.9 Å². The highest BCUT2D eigenvalue weighted by Crippen LogP contribution is 2.42. The number of benzene rings is 5. The van der Waals surface area contributed by atoms with Gasteiger partial charge in [-0.25, -0.2) is 26.7 Å². The first-order chi connectivity index (χ1) is 39.6. The average molecular weight is 1280 g/mol. The summed E-state index contributed by atoms with van der Waals surface area (Å²) in [5.41, 5.74) is 3.50. The number of nitrogens with zero attached hydrogens (tertiary/aromatic N) is 1. The van der Waals surface area contributed by atoms with E-state index in [-0.39, 0.29) is 65.3 Å². The molecule has 3 saturated carbocycles. The lowest BCUT2D eigenvalue weighted by Gasteiger charge is -2.23. The molecule has 0 atom stereocenters. The number of carboxylic acid groups (broad SMARTS) is 3. The molecule has 1 aromatic heterocycles. The topological polar surface area (TPSA) is 196 Å². The number of aromatic carboxylic acids is 1. The summed E-state index contributed by atoms with van der Waals surface area (Å²) < 4.78 is 85.6. The van der Waals surface area contributed by atoms with Crippen LogP contribution in [0.1, 0.15) is 132 Å². The summed E-state index contributed by atoms with van der Waals surface area (Å²) in [6.45, 7) is 6.05. The molecule has 4 fully saturated rings. The number of aromatic nitrogens is 1. The number of pyridine rings is 1. The van der Waals surface area contributed by atoms with Crippen LogP contribution in [0.15, 0.2) is 117 Å². The minimum Gasteiger partial charge on any atom is -0.481 e. The average Bonchev–Trinajstić information content (AvgIpc) is 4.42. The number of halogens is 7. The van der Waals surface area contributed by atoms with Crippen molar-refractivity contribution in [3.05, 3.63) is 196 Å². The molecule has 83 heavy (non-hydrogen) atoms. The van der Waals surface area contributed by atoms with E-state index in [1.54, 1.807) is 67.1 Å². The molecule has 0 bridgehead atoms. The Morgan fingerprint density at radius 3 is 1.27 bits per heavy atom. The molecule has 10 rings (SSSR count). The molecule has 442 valence electrons. The molecule has 20 heteroatoms. The number of hydrogen-bond acceptors (Lipinski definition) is 9. The van der Waals surface area contributed by atoms with Gasteiger partial charge >= 0.3 is 29.8 Å². The molecule has 6 aromatic rings. The summed E-state index contributed by atoms with van der Waals surface area (Å²) in [6, 6.07) is 23.8. The van der Waals surface area contributed by atoms with Gasteiger partial charge in [-0.1, -0.05) is 80.4 Å². The van der Waals surface area contributed by atoms with Crippen molar-refractivity contribution in [1.82, 2.24) is 4.57 Å². The van der Waals surface area contributed by atoms with E-state index in [1.807, 2.05) is 18.2 Å². The molecule has 5 aromatic carbocycles. The van der Waals surface area contributed by atoms with Crippen molar-refractivity contribution < 1.29 is 75.5 Å². The zero-order valence-corrected chi connectivity index (χ0v) is 48.9. The highest BCUT2D eigenvalue weighted by atomic mass is 79.9. The number of carbonyl (C=O) groups excluding carboxylic acids is 2. The fourth-order valence-corrected chi connectivity index (χ4v) is 9.54. The molecule has 4 aliphatic rings. The lowest BCUT2D eigenvalue weighted by molar-refractivity contribution is -0.143. The van der Waals surface area contributed by atoms with E-state index in [4.69, 9.17) is 24.4 Å². The molecule has 0 amide bonds. The van der Waals surface area contributed by atoms with Crippen LogP contribution in [-0.4, -0.2) is 76.2 Å². The van der Waals surface area contributed by atoms with Crippen LogP contribution in [0.2, 0.25) is 0 Å². The van der Waals surface area contributed by atoms with Crippen molar-refractivity contribution in [2.24, 2.45) is 5.92 Å². The maximum Gasteiger partial charge on any atom is 0.341 e. The number of ether oxygens (including phenoxy) is 3. The second-order valence-corrected chi connectivity index (χ2v) is 22.1. The van der Waals surface area contributed by atoms with Crippen molar-refractivity contribution >= 4 is 61.7 Å². The molecule has 13 nitrogen and oxygen atoms in total. The fraction of sp³-hybridized carbons (Fsp3) is 0.365. The molecule has 0 radical (unpaired) electrons. The Hall–Kier alpha value is -7.03. The largest absolute Gasteiger partial charge is 0.481 e. The minimum absolute atomic E-state index is 0.0185. The van der Waals surface area contributed by atoms with E-state index in [1.165, 1.54) is 36.5 Å². The molecule has 1 aliphatic heterocycles. The minimum atomic E-state index is -1.29. The summed E-state index contributed by atoms with van der Waals surface area (Å²) in [6.07, 6.45) is 10.9. The third-order valence-electron chi connectivity index (χ3n) is 13.7. The fourth-order valence-electron chi connectivity index (χ4n) is 8.87. The Kier molecular flexibility index (Phi) is 24.8. The van der Waals surface area contributed by atoms with Crippen LogP contribution in [0.5, 0.6) is 0 Å². The Labute approximate surface area is 494 Å². The molecular weight excluding hydrogens is 1220 g/mol. The van der Waals surface area contributed by atoms with Crippen LogP contribution in [0, 0.1) is 35.0 Å². The maximum absolute atomic E-state index is 14.7. The van der Waals surface area contributed by atoms with Crippen molar-refractivity contribution in [1.29, 1.82) is 0 Å². The van der Waals surface area contributed by atoms with Crippen LogP contribution in [0.25, 0.3) is 11.1 Å². The first-order valence-corrected chi connectivity index (χ1v) is 28.8. The van der Waals surface area contributed by atoms with Gasteiger partial charge in [0, 0.05) is 52.2 Å². The van der Waals surface area contributed by atoms with E-state index >= 15 is 0 Å². The maximum atomic E-state index is 14.7. The first kappa shape index (κ1) is 65.1. The first-order valence-electron chi connectivity index (χ1n) is 27.2. The number of hydrogen-bond donors (Lipinski definition) is 3. The monoisotopic (exact) mass is 1280 g/mol. The predicted molar refractivity (Wildman–Crippen MR) is 307 cm³/mol. The van der Waals surface area contributed by atoms with Crippen LogP contribution >= 0.6 is 31.9 Å². The molecule has 2 heterocycles. The second kappa shape index (κ2) is 31.6. The number of aliphatic carboxylic acids is 2. The lowest BCUT2D eigenvalue weighted by atomic mass is 9.98. The van der Waals surface area contributed by atoms with Gasteiger partial charge in [0.2, 0.25) is 5.43 Å². The lowest BCUT2D eigenvalue weighted by Crippen LogP contribution is -2.24. The van der Waals surface area contributed by atoms with E-state index in [0.29, 0.717) is 76.7 Å². The molecule has 1 saturated heterocycles. The van der Waals surface area contributed by atoms with Crippen LogP contribution < -0.4 is 5.43 Å². The van der Waals surface area contributed by atoms with Gasteiger partial charge in [-0.3, -0.25) is 24.0 Å². The Balaban J connectivity index is 0.000000173. The molecular formula is C63H64Br2F5NO12. The van der Waals surface area contributed by atoms with Gasteiger partial charge in [0.15, 0.2) is 0 Å². The van der Waals surface area contributed by atoms with Gasteiger partial charge in [0.1, 0.15) is 34.6 Å². The molecule has 3 aliphatic carbocycles. The van der Waals surface area contributed by atoms with Crippen LogP contribution in [0.3, 0.4) is 0 Å². The smallest absolute Gasteiger partial charge is 0.341 e. The second-order valence-electron chi connectivity index (χ2n) is 20.3. The summed E-state index contributed by atoms with van der Waals surface area (Å²) in [7, 11) is 0. The Morgan fingerprint density at radius 2 is 0.904 bits per heavy atom. The SMILES string of the molecule is CCOC(=O)Cc1ccc(Br)cc1F.CCOC(=O)Cc1ccc(C2CC2)cc1F.O=C(O)Cc1ccc(Br)cc1F.O=C(O)Cc1ccc(C2CC2)cc1F.O=C(O)c1cn(CC2CCOCC2)cc(-c2ccc(C3CC3)cc2F)c1=O. The molecule has 3 N–H and O–H groups in total. The Bertz CT molecular complexity index is 3320. The Morgan fingerprint density at radius 1 is 0.518 bits per heavy atom. The predicted octanol–water partition coefficient (Wildman–Crippen LogP) is 13.7. The molecule has 0 unspecified atom stereocenters. The number of rotatable bonds is 17. The van der Waals surface area contributed by atoms with Crippen molar-refractivity contribution in [3.63, 3.8) is 0 Å². The van der Waals surface area contributed by atoms with E-state index in [0.717, 1.165) is 68.1 Å². The van der Waals surface area contributed by atoms with Crippen molar-refractivity contribution in [2.45, 2.75) is 115 Å². The van der Waals surface area contributed by atoms with Gasteiger partial charge in [-0.2, -0.15) is 0 Å². The number of carbonyl (C=O) groups is 5. The number of carboxylic acids is 3. The van der Waals surface area contributed by atoms with Gasteiger partial charge in [0.25, 0.3) is 0 Å². The highest BCUT2D eigenvalue weighted by Gasteiger charge is 2.27. The summed E-state index contributed by atoms with van der Waals surface area (Å²) in [4.78, 5) is 67.1. The van der Waals surface area contributed by atoms with E-state index < -0.39 is 52.6 Å². The third kappa shape index (κ3) is 21.3. The third-order valence-corrected chi connectivity index (χ3v) is 14.7. The van der Waals surface area contributed by atoms with Crippen LogP contribution in [0.4, 0.5) is 22.0 Å². The standard InChI is InChI=1S/C21H22FNO4.C13H15FO2.C11H11FO2.C10H10BrFO2.C8H6BrFO2/c22-19-9-15(14-1-2-14)3-4-16(19)17-11-23(10-13-5-7-27-8-6-13)12-18(20(17)24)21(25)26;1-2-16-13(15)8-11-6-5-10(7-12(11)14)9-3-4-9;12-10-5-8(7-1-2-7)3-4-9(10)6-11(13)14;1-2-14-10(13)5-7-3-4-8(11)6-9(7)12;9-6-2-1-5(3-8(11)12)7(10)4-6/h3-4,9,11-14H,1-2,5-8,10H2,(H,25,26);5-7,9H,2-4,8H2,1H3;3-5,7H,1-2,6H2,(H,13,14);3-4,6H,2,5H2,1H3;1-2,4H,3H2,(H,11,12). The zero-order valence-electron chi connectivity index (χ0n) is 45.8. The quantitative estimate of drug-likeness (QED) is 0.0578. The number of esters is 2. The van der Waals surface area contributed by atoms with Gasteiger partial charge in [0.05, 0.1) is 38.9 Å². The van der Waals surface area contributed by atoms with Crippen LogP contribution in [-0.2, 0) is 65.6 Å². The van der Waals surface area contributed by atoms with Gasteiger partial charge in [-0.05, 0) is 170 Å². The summed E-state index contributed by atoms with van der Waals surface area (Å²) >= 11 is 6.21.